The Morgan fingerprint density at radius 2 is 1.46 bits per heavy atom. The van der Waals surface area contributed by atoms with E-state index in [2.05, 4.69) is 135 Å². The highest BCUT2D eigenvalue weighted by molar-refractivity contribution is 6.73. The van der Waals surface area contributed by atoms with Gasteiger partial charge >= 0.3 is 0 Å². The molecule has 0 unspecified atom stereocenters. The third-order valence-electron chi connectivity index (χ3n) is 10.0. The summed E-state index contributed by atoms with van der Waals surface area (Å²) in [6, 6.07) is 36.1. The van der Waals surface area contributed by atoms with Gasteiger partial charge in [0.05, 0.1) is 11.0 Å². The van der Waals surface area contributed by atoms with Crippen molar-refractivity contribution in [3.63, 3.8) is 0 Å². The Labute approximate surface area is 238 Å². The van der Waals surface area contributed by atoms with E-state index < -0.39 is 0 Å². The second kappa shape index (κ2) is 7.11. The van der Waals surface area contributed by atoms with Crippen molar-refractivity contribution in [3.8, 4) is 16.8 Å². The van der Waals surface area contributed by atoms with Crippen molar-refractivity contribution >= 4 is 72.6 Å². The molecule has 0 fully saturated rings. The Kier molecular flexibility index (Phi) is 3.81. The number of fused-ring (bicyclic) bond motifs is 6. The van der Waals surface area contributed by atoms with Gasteiger partial charge in [0.15, 0.2) is 7.28 Å². The summed E-state index contributed by atoms with van der Waals surface area (Å²) in [5, 5.41) is 7.99. The van der Waals surface area contributed by atoms with Gasteiger partial charge in [-0.05, 0) is 57.5 Å². The van der Waals surface area contributed by atoms with Gasteiger partial charge in [0.2, 0.25) is 0 Å². The molecule has 6 aromatic carbocycles. The smallest absolute Gasteiger partial charge is 0.197 e. The van der Waals surface area contributed by atoms with Gasteiger partial charge in [-0.3, -0.25) is 0 Å². The van der Waals surface area contributed by atoms with Gasteiger partial charge in [-0.25, -0.2) is 0 Å². The molecular weight excluding hydrogens is 495 g/mol. The summed E-state index contributed by atoms with van der Waals surface area (Å²) in [7, 11) is 2.46. The van der Waals surface area contributed by atoms with Crippen molar-refractivity contribution in [2.24, 2.45) is 0 Å². The average Bonchev–Trinajstić information content (AvgIpc) is 3.55. The van der Waals surface area contributed by atoms with E-state index in [0.717, 1.165) is 0 Å². The Balaban J connectivity index is 1.46. The number of aromatic amines is 1. The van der Waals surface area contributed by atoms with E-state index >= 15 is 0 Å². The maximum atomic E-state index is 3.77. The van der Waals surface area contributed by atoms with Crippen molar-refractivity contribution in [3.05, 3.63) is 114 Å². The fraction of sp³-hybridized carbons (Fsp3) is 0.105. The van der Waals surface area contributed by atoms with E-state index in [-0.39, 0.29) is 5.41 Å². The lowest BCUT2D eigenvalue weighted by Crippen LogP contribution is -2.41. The van der Waals surface area contributed by atoms with Gasteiger partial charge in [-0.2, -0.15) is 0 Å². The minimum atomic E-state index is -0.101. The fourth-order valence-corrected chi connectivity index (χ4v) is 8.20. The molecule has 8 aromatic rings. The standard InChI is InChI=1S/C38H26BN2/c1-20-18-26(25-14-8-13-24-23-12-6-7-17-30(23)40-34(24)25)33-37-31(20)32-22-11-5-4-10-21(22)19-28-36(32)41(37)35-27(38(28,2)3)15-9-16-29(35)39-33/h4-19,40H,1-3H3. The quantitative estimate of drug-likeness (QED) is 0.211. The van der Waals surface area contributed by atoms with E-state index in [9.17, 15) is 0 Å². The minimum Gasteiger partial charge on any atom is -0.354 e. The number of H-pyrrole nitrogens is 1. The molecule has 0 aliphatic carbocycles. The van der Waals surface area contributed by atoms with E-state index in [1.54, 1.807) is 0 Å². The largest absolute Gasteiger partial charge is 0.354 e. The van der Waals surface area contributed by atoms with Crippen LogP contribution in [-0.2, 0) is 5.41 Å². The van der Waals surface area contributed by atoms with Gasteiger partial charge in [0.1, 0.15) is 0 Å². The molecule has 2 aliphatic heterocycles. The van der Waals surface area contributed by atoms with Crippen LogP contribution < -0.4 is 10.9 Å². The van der Waals surface area contributed by atoms with Crippen LogP contribution in [-0.4, -0.2) is 16.8 Å². The molecule has 1 radical (unpaired) electrons. The zero-order valence-electron chi connectivity index (χ0n) is 23.3. The highest BCUT2D eigenvalue weighted by atomic mass is 15.0. The van der Waals surface area contributed by atoms with Crippen LogP contribution in [0.2, 0.25) is 0 Å². The topological polar surface area (TPSA) is 20.7 Å². The lowest BCUT2D eigenvalue weighted by atomic mass is 9.57. The summed E-state index contributed by atoms with van der Waals surface area (Å²) < 4.78 is 2.62. The normalized spacial score (nSPS) is 14.6. The van der Waals surface area contributed by atoms with Crippen LogP contribution in [0.1, 0.15) is 30.5 Å². The molecule has 41 heavy (non-hydrogen) atoms. The number of hydrogen-bond donors (Lipinski definition) is 1. The van der Waals surface area contributed by atoms with E-state index in [1.807, 2.05) is 0 Å². The molecule has 0 amide bonds. The zero-order chi connectivity index (χ0) is 27.2. The zero-order valence-corrected chi connectivity index (χ0v) is 23.3. The molecule has 0 bridgehead atoms. The summed E-state index contributed by atoms with van der Waals surface area (Å²) in [6.45, 7) is 7.11. The summed E-state index contributed by atoms with van der Waals surface area (Å²) in [5.41, 5.74) is 15.7. The fourth-order valence-electron chi connectivity index (χ4n) is 8.20. The predicted molar refractivity (Wildman–Crippen MR) is 175 cm³/mol. The number of aryl methyl sites for hydroxylation is 1. The average molecular weight is 521 g/mol. The summed E-state index contributed by atoms with van der Waals surface area (Å²) in [4.78, 5) is 3.77. The van der Waals surface area contributed by atoms with Crippen molar-refractivity contribution in [1.82, 2.24) is 9.55 Å². The SMILES string of the molecule is Cc1cc(-c2cccc3c2[nH]c2ccccc23)c2c3c1c1c4ccccc4cc4c1n3-c1c(cccc1C4(C)C)[B]2. The number of aromatic nitrogens is 2. The Hall–Kier alpha value is -4.76. The first-order valence-electron chi connectivity index (χ1n) is 14.5. The van der Waals surface area contributed by atoms with Crippen molar-refractivity contribution in [2.75, 3.05) is 0 Å². The molecule has 2 aliphatic rings. The second-order valence-corrected chi connectivity index (χ2v) is 12.5. The van der Waals surface area contributed by atoms with Crippen LogP contribution >= 0.6 is 0 Å². The molecule has 3 heteroatoms. The molecule has 4 heterocycles. The predicted octanol–water partition coefficient (Wildman–Crippen LogP) is 8.15. The third kappa shape index (κ3) is 2.48. The first kappa shape index (κ1) is 22.0. The molecule has 0 spiro atoms. The van der Waals surface area contributed by atoms with Crippen molar-refractivity contribution in [1.29, 1.82) is 0 Å². The molecule has 191 valence electrons. The lowest BCUT2D eigenvalue weighted by molar-refractivity contribution is 0.632. The number of rotatable bonds is 1. The lowest BCUT2D eigenvalue weighted by Gasteiger charge is -2.38. The molecule has 0 saturated heterocycles. The minimum absolute atomic E-state index is 0.101. The summed E-state index contributed by atoms with van der Waals surface area (Å²) >= 11 is 0. The number of para-hydroxylation sites is 3. The van der Waals surface area contributed by atoms with Crippen molar-refractivity contribution < 1.29 is 0 Å². The number of nitrogens with one attached hydrogen (secondary N) is 1. The maximum Gasteiger partial charge on any atom is 0.197 e. The van der Waals surface area contributed by atoms with Gasteiger partial charge in [0.25, 0.3) is 0 Å². The molecule has 10 rings (SSSR count). The first-order chi connectivity index (χ1) is 20.0. The van der Waals surface area contributed by atoms with Gasteiger partial charge in [-0.1, -0.05) is 104 Å². The van der Waals surface area contributed by atoms with Gasteiger partial charge in [0, 0.05) is 49.2 Å². The summed E-state index contributed by atoms with van der Waals surface area (Å²) in [6.07, 6.45) is 0. The van der Waals surface area contributed by atoms with Crippen LogP contribution in [0, 0.1) is 6.92 Å². The number of hydrogen-bond acceptors (Lipinski definition) is 0. The van der Waals surface area contributed by atoms with Crippen LogP contribution in [0.25, 0.3) is 71.2 Å². The van der Waals surface area contributed by atoms with Crippen LogP contribution in [0.3, 0.4) is 0 Å². The van der Waals surface area contributed by atoms with Crippen molar-refractivity contribution in [2.45, 2.75) is 26.2 Å². The first-order valence-corrected chi connectivity index (χ1v) is 14.5. The number of nitrogens with zero attached hydrogens (tertiary/aromatic N) is 1. The number of benzene rings is 6. The highest BCUT2D eigenvalue weighted by Crippen LogP contribution is 2.51. The molecular formula is C38H26BN2. The summed E-state index contributed by atoms with van der Waals surface area (Å²) in [5.74, 6) is 0. The highest BCUT2D eigenvalue weighted by Gasteiger charge is 2.40. The van der Waals surface area contributed by atoms with Crippen LogP contribution in [0.15, 0.2) is 97.1 Å². The van der Waals surface area contributed by atoms with Gasteiger partial charge in [-0.15, -0.1) is 0 Å². The monoisotopic (exact) mass is 521 g/mol. The Morgan fingerprint density at radius 3 is 2.37 bits per heavy atom. The second-order valence-electron chi connectivity index (χ2n) is 12.5. The maximum absolute atomic E-state index is 3.77. The van der Waals surface area contributed by atoms with E-state index in [1.165, 1.54) is 98.8 Å². The third-order valence-corrected chi connectivity index (χ3v) is 10.0. The Bertz CT molecular complexity index is 2490. The molecule has 0 saturated carbocycles. The van der Waals surface area contributed by atoms with Crippen LogP contribution in [0.5, 0.6) is 0 Å². The molecule has 0 atom stereocenters. The molecule has 2 nitrogen and oxygen atoms in total. The molecule has 2 aromatic heterocycles. The van der Waals surface area contributed by atoms with E-state index in [0.29, 0.717) is 0 Å². The van der Waals surface area contributed by atoms with E-state index in [4.69, 9.17) is 0 Å². The van der Waals surface area contributed by atoms with Crippen LogP contribution in [0.4, 0.5) is 0 Å². The van der Waals surface area contributed by atoms with Gasteiger partial charge < -0.3 is 9.55 Å². The molecule has 1 N–H and O–H groups in total. The Morgan fingerprint density at radius 1 is 0.683 bits per heavy atom.